The minimum absolute atomic E-state index is 0.0987. The molecule has 2 rings (SSSR count). The van der Waals surface area contributed by atoms with Gasteiger partial charge < -0.3 is 10.0 Å². The molecular weight excluding hydrogens is 413 g/mol. The van der Waals surface area contributed by atoms with E-state index in [9.17, 15) is 14.7 Å². The maximum absolute atomic E-state index is 12.7. The number of carbonyl (C=O) groups excluding carboxylic acids is 1. The molecule has 4 nitrogen and oxygen atoms in total. The molecule has 108 valence electrons. The number of rotatable bonds is 3. The number of halogens is 2. The van der Waals surface area contributed by atoms with Crippen molar-refractivity contribution in [3.05, 3.63) is 32.4 Å². The Morgan fingerprint density at radius 1 is 1.55 bits per heavy atom. The van der Waals surface area contributed by atoms with E-state index in [1.807, 2.05) is 6.92 Å². The summed E-state index contributed by atoms with van der Waals surface area (Å²) in [6, 6.07) is 4.30. The van der Waals surface area contributed by atoms with Crippen molar-refractivity contribution in [1.29, 1.82) is 0 Å². The predicted molar refractivity (Wildman–Crippen MR) is 88.3 cm³/mol. The molecule has 0 bridgehead atoms. The summed E-state index contributed by atoms with van der Waals surface area (Å²) in [6.45, 7) is 1.95. The van der Waals surface area contributed by atoms with Crippen LogP contribution >= 0.6 is 46.0 Å². The Morgan fingerprint density at radius 2 is 2.25 bits per heavy atom. The van der Waals surface area contributed by atoms with Crippen molar-refractivity contribution in [3.63, 3.8) is 0 Å². The summed E-state index contributed by atoms with van der Waals surface area (Å²) in [4.78, 5) is 25.5. The number of aliphatic carboxylic acids is 1. The molecule has 1 amide bonds. The van der Waals surface area contributed by atoms with E-state index in [1.165, 1.54) is 16.7 Å². The van der Waals surface area contributed by atoms with Crippen molar-refractivity contribution in [2.75, 3.05) is 5.75 Å². The van der Waals surface area contributed by atoms with Crippen molar-refractivity contribution in [2.45, 2.75) is 24.8 Å². The maximum Gasteiger partial charge on any atom is 0.327 e. The lowest BCUT2D eigenvalue weighted by molar-refractivity contribution is -0.141. The number of thioether (sulfide) groups is 1. The van der Waals surface area contributed by atoms with E-state index in [1.54, 1.807) is 18.2 Å². The SMILES string of the molecule is CCC1SCC(C(=O)O)N1C(=O)c1cc(Cl)ccc1I. The molecule has 0 radical (unpaired) electrons. The molecule has 0 aromatic heterocycles. The molecule has 1 heterocycles. The Bertz CT molecular complexity index is 554. The fourth-order valence-electron chi connectivity index (χ4n) is 2.14. The van der Waals surface area contributed by atoms with Crippen LogP contribution in [0.25, 0.3) is 0 Å². The van der Waals surface area contributed by atoms with Crippen LogP contribution in [0.3, 0.4) is 0 Å². The van der Waals surface area contributed by atoms with Crippen molar-refractivity contribution >= 4 is 57.8 Å². The van der Waals surface area contributed by atoms with Gasteiger partial charge in [0.2, 0.25) is 0 Å². The Labute approximate surface area is 140 Å². The molecular formula is C13H13ClINO3S. The number of amides is 1. The molecule has 1 aliphatic rings. The summed E-state index contributed by atoms with van der Waals surface area (Å²) < 4.78 is 0.771. The molecule has 0 saturated carbocycles. The molecule has 0 aliphatic carbocycles. The van der Waals surface area contributed by atoms with Gasteiger partial charge in [0.1, 0.15) is 6.04 Å². The Balaban J connectivity index is 2.38. The lowest BCUT2D eigenvalue weighted by Gasteiger charge is -2.27. The minimum atomic E-state index is -0.959. The second-order valence-corrected chi connectivity index (χ2v) is 7.20. The van der Waals surface area contributed by atoms with Gasteiger partial charge in [0.25, 0.3) is 5.91 Å². The molecule has 2 unspecified atom stereocenters. The van der Waals surface area contributed by atoms with Crippen molar-refractivity contribution in [3.8, 4) is 0 Å². The Morgan fingerprint density at radius 3 is 2.85 bits per heavy atom. The van der Waals surface area contributed by atoms with E-state index in [0.717, 1.165) is 9.99 Å². The van der Waals surface area contributed by atoms with Gasteiger partial charge in [0, 0.05) is 14.3 Å². The van der Waals surface area contributed by atoms with Gasteiger partial charge in [-0.1, -0.05) is 18.5 Å². The van der Waals surface area contributed by atoms with Crippen LogP contribution in [0.15, 0.2) is 18.2 Å². The molecule has 20 heavy (non-hydrogen) atoms. The molecule has 1 aliphatic heterocycles. The highest BCUT2D eigenvalue weighted by atomic mass is 127. The molecule has 7 heteroatoms. The summed E-state index contributed by atoms with van der Waals surface area (Å²) in [5, 5.41) is 9.66. The Kier molecular flexibility index (Phi) is 5.19. The first-order valence-electron chi connectivity index (χ1n) is 6.07. The molecule has 1 N–H and O–H groups in total. The third-order valence-corrected chi connectivity index (χ3v) is 5.75. The molecule has 0 spiro atoms. The summed E-state index contributed by atoms with van der Waals surface area (Å²) in [7, 11) is 0. The normalized spacial score (nSPS) is 22.1. The summed E-state index contributed by atoms with van der Waals surface area (Å²) >= 11 is 9.51. The number of carboxylic acid groups (broad SMARTS) is 1. The standard InChI is InChI=1S/C13H13ClINO3S/c1-2-11-16(10(6-20-11)13(18)19)12(17)8-5-7(14)3-4-9(8)15/h3-5,10-11H,2,6H2,1H3,(H,18,19). The van der Waals surface area contributed by atoms with Crippen LogP contribution in [0.5, 0.6) is 0 Å². The second kappa shape index (κ2) is 6.53. The third-order valence-electron chi connectivity index (χ3n) is 3.12. The van der Waals surface area contributed by atoms with Gasteiger partial charge in [0.15, 0.2) is 0 Å². The van der Waals surface area contributed by atoms with Gasteiger partial charge in [0.05, 0.1) is 10.9 Å². The summed E-state index contributed by atoms with van der Waals surface area (Å²) in [6.07, 6.45) is 0.720. The summed E-state index contributed by atoms with van der Waals surface area (Å²) in [5.74, 6) is -0.795. The number of hydrogen-bond donors (Lipinski definition) is 1. The first-order chi connectivity index (χ1) is 9.45. The number of nitrogens with zero attached hydrogens (tertiary/aromatic N) is 1. The Hall–Kier alpha value is -0.470. The average Bonchev–Trinajstić information content (AvgIpc) is 2.84. The van der Waals surface area contributed by atoms with E-state index < -0.39 is 12.0 Å². The molecule has 1 aromatic carbocycles. The van der Waals surface area contributed by atoms with Gasteiger partial charge >= 0.3 is 5.97 Å². The molecule has 1 saturated heterocycles. The van der Waals surface area contributed by atoms with Crippen LogP contribution in [0.2, 0.25) is 5.02 Å². The van der Waals surface area contributed by atoms with Crippen LogP contribution in [-0.4, -0.2) is 39.1 Å². The van der Waals surface area contributed by atoms with E-state index >= 15 is 0 Å². The monoisotopic (exact) mass is 425 g/mol. The van der Waals surface area contributed by atoms with Crippen LogP contribution < -0.4 is 0 Å². The van der Waals surface area contributed by atoms with Gasteiger partial charge in [-0.05, 0) is 47.2 Å². The van der Waals surface area contributed by atoms with Gasteiger partial charge in [-0.15, -0.1) is 11.8 Å². The highest BCUT2D eigenvalue weighted by molar-refractivity contribution is 14.1. The first-order valence-corrected chi connectivity index (χ1v) is 8.58. The van der Waals surface area contributed by atoms with Crippen LogP contribution in [-0.2, 0) is 4.79 Å². The smallest absolute Gasteiger partial charge is 0.327 e. The second-order valence-electron chi connectivity index (χ2n) is 4.39. The largest absolute Gasteiger partial charge is 0.480 e. The van der Waals surface area contributed by atoms with Crippen LogP contribution in [0.1, 0.15) is 23.7 Å². The highest BCUT2D eigenvalue weighted by Crippen LogP contribution is 2.33. The van der Waals surface area contributed by atoms with Crippen molar-refractivity contribution in [1.82, 2.24) is 4.90 Å². The van der Waals surface area contributed by atoms with Crippen LogP contribution in [0.4, 0.5) is 0 Å². The number of hydrogen-bond acceptors (Lipinski definition) is 3. The van der Waals surface area contributed by atoms with Crippen molar-refractivity contribution in [2.24, 2.45) is 0 Å². The van der Waals surface area contributed by atoms with Gasteiger partial charge in [-0.2, -0.15) is 0 Å². The fraction of sp³-hybridized carbons (Fsp3) is 0.385. The quantitative estimate of drug-likeness (QED) is 0.755. The summed E-state index contributed by atoms with van der Waals surface area (Å²) in [5.41, 5.74) is 0.463. The fourth-order valence-corrected chi connectivity index (χ4v) is 4.23. The molecule has 2 atom stereocenters. The minimum Gasteiger partial charge on any atom is -0.480 e. The van der Waals surface area contributed by atoms with Gasteiger partial charge in [-0.25, -0.2) is 4.79 Å². The van der Waals surface area contributed by atoms with E-state index in [-0.39, 0.29) is 11.3 Å². The zero-order chi connectivity index (χ0) is 14.9. The number of carboxylic acids is 1. The molecule has 1 fully saturated rings. The lowest BCUT2D eigenvalue weighted by Crippen LogP contribution is -2.45. The van der Waals surface area contributed by atoms with Crippen LogP contribution in [0, 0.1) is 3.57 Å². The lowest BCUT2D eigenvalue weighted by atomic mass is 10.1. The number of benzene rings is 1. The maximum atomic E-state index is 12.7. The third kappa shape index (κ3) is 3.07. The zero-order valence-electron chi connectivity index (χ0n) is 10.7. The first kappa shape index (κ1) is 15.9. The van der Waals surface area contributed by atoms with Gasteiger partial charge in [-0.3, -0.25) is 4.79 Å². The van der Waals surface area contributed by atoms with E-state index in [0.29, 0.717) is 16.3 Å². The van der Waals surface area contributed by atoms with Crippen molar-refractivity contribution < 1.29 is 14.7 Å². The predicted octanol–water partition coefficient (Wildman–Crippen LogP) is 3.32. The zero-order valence-corrected chi connectivity index (χ0v) is 14.4. The number of carbonyl (C=O) groups is 2. The van der Waals surface area contributed by atoms with E-state index in [4.69, 9.17) is 11.6 Å². The van der Waals surface area contributed by atoms with E-state index in [2.05, 4.69) is 22.6 Å². The molecule has 1 aromatic rings. The topological polar surface area (TPSA) is 57.6 Å². The average molecular weight is 426 g/mol. The highest BCUT2D eigenvalue weighted by Gasteiger charge is 2.41.